The Morgan fingerprint density at radius 1 is 1.22 bits per heavy atom. The van der Waals surface area contributed by atoms with Gasteiger partial charge in [0.15, 0.2) is 0 Å². The highest BCUT2D eigenvalue weighted by molar-refractivity contribution is 6.30. The lowest BCUT2D eigenvalue weighted by molar-refractivity contribution is 0.0949. The maximum Gasteiger partial charge on any atom is 0.255 e. The van der Waals surface area contributed by atoms with Crippen LogP contribution in [0.4, 0.5) is 21.6 Å². The van der Waals surface area contributed by atoms with Crippen LogP contribution in [0, 0.1) is 0 Å². The van der Waals surface area contributed by atoms with Crippen LogP contribution in [0.5, 0.6) is 5.75 Å². The van der Waals surface area contributed by atoms with Gasteiger partial charge >= 0.3 is 0 Å². The molecule has 4 rings (SSSR count). The third-order valence-corrected chi connectivity index (χ3v) is 7.02. The SMILES string of the molecule is CC1CCCCN1CCCNC(=O)c1ccc(-c2cc(Nc3ccc(Cl)cc3CF)ccc2O)nc1N. The molecule has 0 saturated carbocycles. The highest BCUT2D eigenvalue weighted by Gasteiger charge is 2.18. The predicted molar refractivity (Wildman–Crippen MR) is 147 cm³/mol. The van der Waals surface area contributed by atoms with Gasteiger partial charge in [-0.3, -0.25) is 4.79 Å². The van der Waals surface area contributed by atoms with Gasteiger partial charge in [0.25, 0.3) is 5.91 Å². The number of carbonyl (C=O) groups excluding carboxylic acids is 1. The molecular formula is C28H33ClFN5O2. The monoisotopic (exact) mass is 525 g/mol. The van der Waals surface area contributed by atoms with Crippen molar-refractivity contribution in [1.82, 2.24) is 15.2 Å². The second kappa shape index (κ2) is 12.3. The molecule has 1 aliphatic rings. The smallest absolute Gasteiger partial charge is 0.255 e. The predicted octanol–water partition coefficient (Wildman–Crippen LogP) is 5.90. The highest BCUT2D eigenvalue weighted by atomic mass is 35.5. The molecule has 0 aliphatic carbocycles. The lowest BCUT2D eigenvalue weighted by Crippen LogP contribution is -2.39. The Bertz CT molecular complexity index is 1260. The Morgan fingerprint density at radius 3 is 2.81 bits per heavy atom. The number of pyridine rings is 1. The lowest BCUT2D eigenvalue weighted by Gasteiger charge is -2.33. The Kier molecular flexibility index (Phi) is 8.84. The van der Waals surface area contributed by atoms with Gasteiger partial charge in [0.1, 0.15) is 18.2 Å². The molecule has 3 aromatic rings. The van der Waals surface area contributed by atoms with Gasteiger partial charge in [0, 0.05) is 46.7 Å². The number of anilines is 3. The minimum Gasteiger partial charge on any atom is -0.507 e. The minimum absolute atomic E-state index is 0.00316. The summed E-state index contributed by atoms with van der Waals surface area (Å²) < 4.78 is 13.4. The van der Waals surface area contributed by atoms with Crippen molar-refractivity contribution in [1.29, 1.82) is 0 Å². The second-order valence-electron chi connectivity index (χ2n) is 9.41. The van der Waals surface area contributed by atoms with Crippen LogP contribution in [0.15, 0.2) is 48.5 Å². The molecule has 1 aliphatic heterocycles. The molecule has 196 valence electrons. The van der Waals surface area contributed by atoms with Crippen LogP contribution in [0.1, 0.15) is 48.5 Å². The molecule has 1 aromatic heterocycles. The van der Waals surface area contributed by atoms with Gasteiger partial charge in [0.2, 0.25) is 0 Å². The van der Waals surface area contributed by atoms with Crippen molar-refractivity contribution in [3.63, 3.8) is 0 Å². The van der Waals surface area contributed by atoms with Crippen molar-refractivity contribution in [2.75, 3.05) is 30.7 Å². The van der Waals surface area contributed by atoms with Crippen molar-refractivity contribution in [2.45, 2.75) is 45.3 Å². The number of aromatic nitrogens is 1. The van der Waals surface area contributed by atoms with E-state index in [1.54, 1.807) is 42.5 Å². The van der Waals surface area contributed by atoms with E-state index in [0.29, 0.717) is 45.8 Å². The number of nitrogen functional groups attached to an aromatic ring is 1. The van der Waals surface area contributed by atoms with E-state index >= 15 is 0 Å². The molecule has 9 heteroatoms. The number of alkyl halides is 1. The topological polar surface area (TPSA) is 104 Å². The number of halogens is 2. The number of nitrogens with two attached hydrogens (primary N) is 1. The fraction of sp³-hybridized carbons (Fsp3) is 0.357. The van der Waals surface area contributed by atoms with Gasteiger partial charge < -0.3 is 26.4 Å². The maximum atomic E-state index is 13.4. The van der Waals surface area contributed by atoms with Crippen molar-refractivity contribution in [3.8, 4) is 17.0 Å². The molecule has 0 bridgehead atoms. The molecule has 1 atom stereocenters. The number of piperidine rings is 1. The number of likely N-dealkylation sites (tertiary alicyclic amines) is 1. The number of phenols is 1. The quantitative estimate of drug-likeness (QED) is 0.205. The first-order chi connectivity index (χ1) is 17.9. The molecule has 0 spiro atoms. The molecular weight excluding hydrogens is 493 g/mol. The van der Waals surface area contributed by atoms with Crippen LogP contribution in [-0.4, -0.2) is 46.6 Å². The van der Waals surface area contributed by atoms with Crippen LogP contribution < -0.4 is 16.4 Å². The number of rotatable bonds is 9. The van der Waals surface area contributed by atoms with Crippen LogP contribution in [0.25, 0.3) is 11.3 Å². The zero-order valence-corrected chi connectivity index (χ0v) is 21.7. The van der Waals surface area contributed by atoms with E-state index in [2.05, 4.69) is 27.4 Å². The van der Waals surface area contributed by atoms with E-state index in [4.69, 9.17) is 17.3 Å². The van der Waals surface area contributed by atoms with Gasteiger partial charge in [-0.1, -0.05) is 18.0 Å². The summed E-state index contributed by atoms with van der Waals surface area (Å²) in [6.07, 6.45) is 4.62. The van der Waals surface area contributed by atoms with E-state index in [-0.39, 0.29) is 23.0 Å². The fourth-order valence-electron chi connectivity index (χ4n) is 4.66. The van der Waals surface area contributed by atoms with Crippen molar-refractivity contribution >= 4 is 34.7 Å². The molecule has 1 fully saturated rings. The summed E-state index contributed by atoms with van der Waals surface area (Å²) in [6, 6.07) is 13.7. The van der Waals surface area contributed by atoms with Crippen LogP contribution in [-0.2, 0) is 6.67 Å². The normalized spacial score (nSPS) is 15.9. The average Bonchev–Trinajstić information content (AvgIpc) is 2.89. The van der Waals surface area contributed by atoms with Crippen molar-refractivity contribution < 1.29 is 14.3 Å². The molecule has 2 aromatic carbocycles. The number of benzene rings is 2. The molecule has 37 heavy (non-hydrogen) atoms. The van der Waals surface area contributed by atoms with Crippen LogP contribution in [0.2, 0.25) is 5.02 Å². The summed E-state index contributed by atoms with van der Waals surface area (Å²) in [5, 5.41) is 17.0. The molecule has 1 amide bonds. The molecule has 2 heterocycles. The fourth-order valence-corrected chi connectivity index (χ4v) is 4.85. The second-order valence-corrected chi connectivity index (χ2v) is 9.85. The summed E-state index contributed by atoms with van der Waals surface area (Å²) in [4.78, 5) is 19.5. The van der Waals surface area contributed by atoms with Crippen molar-refractivity contribution in [2.24, 2.45) is 0 Å². The summed E-state index contributed by atoms with van der Waals surface area (Å²) in [5.41, 5.74) is 8.87. The number of aromatic hydroxyl groups is 1. The zero-order chi connectivity index (χ0) is 26.4. The highest BCUT2D eigenvalue weighted by Crippen LogP contribution is 2.33. The largest absolute Gasteiger partial charge is 0.507 e. The summed E-state index contributed by atoms with van der Waals surface area (Å²) in [6.45, 7) is 4.22. The first kappa shape index (κ1) is 26.7. The van der Waals surface area contributed by atoms with Gasteiger partial charge in [-0.15, -0.1) is 0 Å². The molecule has 1 saturated heterocycles. The van der Waals surface area contributed by atoms with E-state index in [0.717, 1.165) is 19.5 Å². The number of nitrogens with one attached hydrogen (secondary N) is 2. The molecule has 7 nitrogen and oxygen atoms in total. The number of carbonyl (C=O) groups is 1. The van der Waals surface area contributed by atoms with Gasteiger partial charge in [-0.25, -0.2) is 9.37 Å². The summed E-state index contributed by atoms with van der Waals surface area (Å²) >= 11 is 5.97. The molecule has 1 unspecified atom stereocenters. The van der Waals surface area contributed by atoms with E-state index in [1.807, 2.05) is 0 Å². The van der Waals surface area contributed by atoms with E-state index in [1.165, 1.54) is 25.3 Å². The lowest BCUT2D eigenvalue weighted by atomic mass is 10.0. The van der Waals surface area contributed by atoms with Crippen LogP contribution in [0.3, 0.4) is 0 Å². The Hall–Kier alpha value is -3.36. The molecule has 5 N–H and O–H groups in total. The zero-order valence-electron chi connectivity index (χ0n) is 20.9. The molecule has 0 radical (unpaired) electrons. The third-order valence-electron chi connectivity index (χ3n) is 6.78. The first-order valence-corrected chi connectivity index (χ1v) is 13.0. The standard InChI is InChI=1S/C28H33ClFN5O2/c1-18-5-2-3-13-35(18)14-4-12-32-28(37)22-8-10-25(34-27(22)31)23-16-21(7-11-26(23)36)33-24-9-6-20(29)15-19(24)17-30/h6-11,15-16,18,33,36H,2-5,12-14,17H2,1H3,(H2,31,34)(H,32,37). The van der Waals surface area contributed by atoms with E-state index < -0.39 is 6.67 Å². The number of hydrogen-bond acceptors (Lipinski definition) is 6. The van der Waals surface area contributed by atoms with E-state index in [9.17, 15) is 14.3 Å². The number of hydrogen-bond donors (Lipinski definition) is 4. The van der Waals surface area contributed by atoms with Gasteiger partial charge in [-0.05, 0) is 81.3 Å². The number of nitrogens with zero attached hydrogens (tertiary/aromatic N) is 2. The Balaban J connectivity index is 1.42. The van der Waals surface area contributed by atoms with Gasteiger partial charge in [0.05, 0.1) is 11.3 Å². The Morgan fingerprint density at radius 2 is 2.05 bits per heavy atom. The van der Waals surface area contributed by atoms with Crippen molar-refractivity contribution in [3.05, 3.63) is 64.7 Å². The van der Waals surface area contributed by atoms with Gasteiger partial charge in [-0.2, -0.15) is 0 Å². The summed E-state index contributed by atoms with van der Waals surface area (Å²) in [5.74, 6) is -0.192. The average molecular weight is 526 g/mol. The summed E-state index contributed by atoms with van der Waals surface area (Å²) in [7, 11) is 0. The number of amides is 1. The third kappa shape index (κ3) is 6.70. The first-order valence-electron chi connectivity index (χ1n) is 12.6. The minimum atomic E-state index is -0.674. The Labute approximate surface area is 221 Å². The van der Waals surface area contributed by atoms with Crippen LogP contribution >= 0.6 is 11.6 Å². The number of phenolic OH excluding ortho intramolecular Hbond substituents is 1. The maximum absolute atomic E-state index is 13.4.